The summed E-state index contributed by atoms with van der Waals surface area (Å²) >= 11 is 0. The standard InChI is InChI=1S/C33H65NO3/c1-3-5-7-9-11-13-15-16-17-18-19-21-23-25-27-29-33(37)34-31(30-35)32(36)28-26-24-22-20-14-12-10-8-6-4-2/h26,28,31-32,35-36H,3-25,27,29-30H2,1-2H3,(H,34,37)/b28-26+. The monoisotopic (exact) mass is 523 g/mol. The minimum absolute atomic E-state index is 0.0655. The van der Waals surface area contributed by atoms with E-state index in [2.05, 4.69) is 19.2 Å². The lowest BCUT2D eigenvalue weighted by atomic mass is 10.0. The highest BCUT2D eigenvalue weighted by Gasteiger charge is 2.17. The van der Waals surface area contributed by atoms with Crippen LogP contribution >= 0.6 is 0 Å². The Hall–Kier alpha value is -0.870. The molecule has 0 aromatic carbocycles. The van der Waals surface area contributed by atoms with Crippen molar-refractivity contribution in [3.8, 4) is 0 Å². The Morgan fingerprint density at radius 1 is 0.622 bits per heavy atom. The first-order valence-corrected chi connectivity index (χ1v) is 16.4. The van der Waals surface area contributed by atoms with E-state index in [-0.39, 0.29) is 12.5 Å². The SMILES string of the molecule is CCCCCCCCCC/C=C/C(O)C(CO)NC(=O)CCCCCCCCCCCCCCCCC. The molecule has 0 aliphatic carbocycles. The van der Waals surface area contributed by atoms with Crippen LogP contribution in [0.25, 0.3) is 0 Å². The molecule has 2 unspecified atom stereocenters. The molecule has 0 aliphatic heterocycles. The number of allylic oxidation sites excluding steroid dienone is 1. The summed E-state index contributed by atoms with van der Waals surface area (Å²) in [6.45, 7) is 4.28. The van der Waals surface area contributed by atoms with Gasteiger partial charge in [0, 0.05) is 6.42 Å². The van der Waals surface area contributed by atoms with Crippen molar-refractivity contribution in [3.05, 3.63) is 12.2 Å². The lowest BCUT2D eigenvalue weighted by molar-refractivity contribution is -0.123. The molecule has 37 heavy (non-hydrogen) atoms. The first-order chi connectivity index (χ1) is 18.2. The van der Waals surface area contributed by atoms with Gasteiger partial charge >= 0.3 is 0 Å². The van der Waals surface area contributed by atoms with E-state index in [9.17, 15) is 15.0 Å². The number of unbranched alkanes of at least 4 members (excludes halogenated alkanes) is 22. The average molecular weight is 524 g/mol. The van der Waals surface area contributed by atoms with E-state index in [0.717, 1.165) is 25.7 Å². The fourth-order valence-corrected chi connectivity index (χ4v) is 4.94. The van der Waals surface area contributed by atoms with Crippen molar-refractivity contribution in [2.45, 2.75) is 187 Å². The molecule has 0 heterocycles. The summed E-state index contributed by atoms with van der Waals surface area (Å²) in [5.74, 6) is -0.0655. The van der Waals surface area contributed by atoms with Crippen LogP contribution in [0, 0.1) is 0 Å². The fraction of sp³-hybridized carbons (Fsp3) is 0.909. The van der Waals surface area contributed by atoms with Crippen molar-refractivity contribution < 1.29 is 15.0 Å². The first-order valence-electron chi connectivity index (χ1n) is 16.4. The number of carbonyl (C=O) groups excluding carboxylic acids is 1. The third-order valence-electron chi connectivity index (χ3n) is 7.52. The molecule has 0 spiro atoms. The number of hydrogen-bond donors (Lipinski definition) is 3. The van der Waals surface area contributed by atoms with E-state index in [4.69, 9.17) is 0 Å². The Bertz CT molecular complexity index is 494. The molecule has 0 fully saturated rings. The zero-order chi connectivity index (χ0) is 27.2. The van der Waals surface area contributed by atoms with Gasteiger partial charge in [0.1, 0.15) is 0 Å². The second-order valence-electron chi connectivity index (χ2n) is 11.2. The molecule has 0 bridgehead atoms. The van der Waals surface area contributed by atoms with Gasteiger partial charge < -0.3 is 15.5 Å². The van der Waals surface area contributed by atoms with Crippen LogP contribution in [0.2, 0.25) is 0 Å². The van der Waals surface area contributed by atoms with Crippen LogP contribution in [0.3, 0.4) is 0 Å². The Labute approximate surface area is 231 Å². The van der Waals surface area contributed by atoms with Crippen molar-refractivity contribution in [1.82, 2.24) is 5.32 Å². The van der Waals surface area contributed by atoms with Gasteiger partial charge in [-0.25, -0.2) is 0 Å². The Morgan fingerprint density at radius 3 is 1.41 bits per heavy atom. The molecule has 4 heteroatoms. The highest BCUT2D eigenvalue weighted by atomic mass is 16.3. The molecule has 0 aromatic heterocycles. The summed E-state index contributed by atoms with van der Waals surface area (Å²) < 4.78 is 0. The van der Waals surface area contributed by atoms with E-state index < -0.39 is 12.1 Å². The van der Waals surface area contributed by atoms with Gasteiger partial charge in [-0.2, -0.15) is 0 Å². The second-order valence-corrected chi connectivity index (χ2v) is 11.2. The normalized spacial score (nSPS) is 13.3. The van der Waals surface area contributed by atoms with Gasteiger partial charge in [0.15, 0.2) is 0 Å². The number of amides is 1. The van der Waals surface area contributed by atoms with E-state index >= 15 is 0 Å². The molecular weight excluding hydrogens is 458 g/mol. The largest absolute Gasteiger partial charge is 0.394 e. The molecule has 1 amide bonds. The minimum Gasteiger partial charge on any atom is -0.394 e. The fourth-order valence-electron chi connectivity index (χ4n) is 4.94. The van der Waals surface area contributed by atoms with Gasteiger partial charge in [-0.1, -0.05) is 161 Å². The van der Waals surface area contributed by atoms with Crippen molar-refractivity contribution in [2.75, 3.05) is 6.61 Å². The summed E-state index contributed by atoms with van der Waals surface area (Å²) in [7, 11) is 0. The van der Waals surface area contributed by atoms with Crippen LogP contribution in [0.5, 0.6) is 0 Å². The Balaban J connectivity index is 3.61. The number of nitrogens with one attached hydrogen (secondary N) is 1. The van der Waals surface area contributed by atoms with Crippen molar-refractivity contribution >= 4 is 5.91 Å². The predicted molar refractivity (Wildman–Crippen MR) is 161 cm³/mol. The topological polar surface area (TPSA) is 69.6 Å². The van der Waals surface area contributed by atoms with E-state index in [1.807, 2.05) is 6.08 Å². The van der Waals surface area contributed by atoms with Crippen molar-refractivity contribution in [2.24, 2.45) is 0 Å². The molecule has 3 N–H and O–H groups in total. The molecular formula is C33H65NO3. The molecule has 2 atom stereocenters. The molecule has 0 aliphatic rings. The van der Waals surface area contributed by atoms with Crippen molar-refractivity contribution in [1.29, 1.82) is 0 Å². The summed E-state index contributed by atoms with van der Waals surface area (Å²) in [5, 5.41) is 22.7. The number of carbonyl (C=O) groups is 1. The smallest absolute Gasteiger partial charge is 0.220 e. The summed E-state index contributed by atoms with van der Waals surface area (Å²) in [6, 6.07) is -0.612. The quantitative estimate of drug-likeness (QED) is 0.0676. The highest BCUT2D eigenvalue weighted by molar-refractivity contribution is 5.76. The second kappa shape index (κ2) is 29.7. The van der Waals surface area contributed by atoms with Gasteiger partial charge in [0.05, 0.1) is 18.8 Å². The average Bonchev–Trinajstić information content (AvgIpc) is 2.90. The Morgan fingerprint density at radius 2 is 1.00 bits per heavy atom. The van der Waals surface area contributed by atoms with Crippen LogP contribution in [-0.4, -0.2) is 34.9 Å². The lowest BCUT2D eigenvalue weighted by Crippen LogP contribution is -2.45. The molecule has 4 nitrogen and oxygen atoms in total. The zero-order valence-electron chi connectivity index (χ0n) is 25.0. The molecule has 0 radical (unpaired) electrons. The maximum Gasteiger partial charge on any atom is 0.220 e. The third kappa shape index (κ3) is 26.5. The van der Waals surface area contributed by atoms with Gasteiger partial charge in [0.25, 0.3) is 0 Å². The van der Waals surface area contributed by atoms with Gasteiger partial charge in [0.2, 0.25) is 5.91 Å². The highest BCUT2D eigenvalue weighted by Crippen LogP contribution is 2.14. The number of hydrogen-bond acceptors (Lipinski definition) is 3. The van der Waals surface area contributed by atoms with E-state index in [0.29, 0.717) is 6.42 Å². The maximum absolute atomic E-state index is 12.2. The number of aliphatic hydroxyl groups excluding tert-OH is 2. The minimum atomic E-state index is -0.830. The summed E-state index contributed by atoms with van der Waals surface area (Å²) in [6.07, 6.45) is 34.3. The van der Waals surface area contributed by atoms with E-state index in [1.165, 1.54) is 128 Å². The first kappa shape index (κ1) is 36.1. The third-order valence-corrected chi connectivity index (χ3v) is 7.52. The molecule has 0 saturated carbocycles. The number of rotatable bonds is 29. The summed E-state index contributed by atoms with van der Waals surface area (Å²) in [5.41, 5.74) is 0. The predicted octanol–water partition coefficient (Wildman–Crippen LogP) is 9.17. The van der Waals surface area contributed by atoms with E-state index in [1.54, 1.807) is 6.08 Å². The summed E-state index contributed by atoms with van der Waals surface area (Å²) in [4.78, 5) is 12.2. The number of aliphatic hydroxyl groups is 2. The van der Waals surface area contributed by atoms with Gasteiger partial charge in [-0.3, -0.25) is 4.79 Å². The Kier molecular flexibility index (Phi) is 29.0. The van der Waals surface area contributed by atoms with Crippen LogP contribution in [0.15, 0.2) is 12.2 Å². The zero-order valence-corrected chi connectivity index (χ0v) is 25.0. The van der Waals surface area contributed by atoms with Gasteiger partial charge in [-0.15, -0.1) is 0 Å². The van der Waals surface area contributed by atoms with Crippen LogP contribution in [-0.2, 0) is 4.79 Å². The van der Waals surface area contributed by atoms with Crippen molar-refractivity contribution in [3.63, 3.8) is 0 Å². The van der Waals surface area contributed by atoms with Crippen LogP contribution in [0.4, 0.5) is 0 Å². The molecule has 220 valence electrons. The molecule has 0 aromatic rings. The van der Waals surface area contributed by atoms with Crippen LogP contribution < -0.4 is 5.32 Å². The molecule has 0 rings (SSSR count). The maximum atomic E-state index is 12.2. The van der Waals surface area contributed by atoms with Crippen LogP contribution in [0.1, 0.15) is 174 Å². The molecule has 0 saturated heterocycles. The van der Waals surface area contributed by atoms with Gasteiger partial charge in [-0.05, 0) is 19.3 Å². The lowest BCUT2D eigenvalue weighted by Gasteiger charge is -2.20.